The molecule has 1 atom stereocenters. The molecule has 1 fully saturated rings. The molecule has 1 aliphatic carbocycles. The number of hydrogen-bond donors (Lipinski definition) is 0. The Kier molecular flexibility index (Phi) is 3.53. The van der Waals surface area contributed by atoms with E-state index in [0.717, 1.165) is 27.8 Å². The fourth-order valence-corrected chi connectivity index (χ4v) is 4.25. The highest BCUT2D eigenvalue weighted by Crippen LogP contribution is 2.54. The van der Waals surface area contributed by atoms with Gasteiger partial charge in [0, 0.05) is 11.7 Å². The van der Waals surface area contributed by atoms with E-state index in [1.54, 1.807) is 11.3 Å². The van der Waals surface area contributed by atoms with Crippen molar-refractivity contribution < 1.29 is 4.42 Å². The second-order valence-corrected chi connectivity index (χ2v) is 8.21. The lowest BCUT2D eigenvalue weighted by Gasteiger charge is -1.96. The van der Waals surface area contributed by atoms with E-state index in [2.05, 4.69) is 15.2 Å². The van der Waals surface area contributed by atoms with Crippen LogP contribution < -0.4 is 0 Å². The van der Waals surface area contributed by atoms with E-state index in [1.165, 1.54) is 11.8 Å². The summed E-state index contributed by atoms with van der Waals surface area (Å²) in [5.41, 5.74) is 0.922. The van der Waals surface area contributed by atoms with E-state index >= 15 is 0 Å². The summed E-state index contributed by atoms with van der Waals surface area (Å²) in [5.74, 6) is 1.64. The Hall–Kier alpha value is -0.300. The van der Waals surface area contributed by atoms with Crippen LogP contribution in [-0.4, -0.2) is 25.3 Å². The minimum absolute atomic E-state index is 0.309. The number of rotatable bonds is 4. The molecule has 0 radical (unpaired) electrons. The molecule has 0 spiro atoms. The van der Waals surface area contributed by atoms with Gasteiger partial charge in [-0.1, -0.05) is 11.8 Å². The van der Waals surface area contributed by atoms with Crippen molar-refractivity contribution in [3.63, 3.8) is 0 Å². The van der Waals surface area contributed by atoms with Crippen LogP contribution in [0, 0.1) is 19.8 Å². The molecule has 0 N–H and O–H groups in total. The zero-order valence-electron chi connectivity index (χ0n) is 10.3. The average Bonchev–Trinajstić information content (AvgIpc) is 2.68. The lowest BCUT2D eigenvalue weighted by molar-refractivity contribution is 0.466. The van der Waals surface area contributed by atoms with E-state index < -0.39 is 4.33 Å². The highest BCUT2D eigenvalue weighted by atomic mass is 35.5. The predicted molar refractivity (Wildman–Crippen MR) is 78.1 cm³/mol. The van der Waals surface area contributed by atoms with Gasteiger partial charge in [-0.25, -0.2) is 4.98 Å². The monoisotopic (exact) mass is 335 g/mol. The molecule has 0 aliphatic heterocycles. The molecular weight excluding hydrogens is 325 g/mol. The van der Waals surface area contributed by atoms with Crippen molar-refractivity contribution >= 4 is 46.3 Å². The molecule has 3 rings (SSSR count). The lowest BCUT2D eigenvalue weighted by Crippen LogP contribution is -1.92. The quantitative estimate of drug-likeness (QED) is 0.622. The fourth-order valence-electron chi connectivity index (χ4n) is 1.71. The van der Waals surface area contributed by atoms with Crippen molar-refractivity contribution in [3.05, 3.63) is 10.7 Å². The lowest BCUT2D eigenvalue weighted by atomic mass is 10.4. The Morgan fingerprint density at radius 1 is 1.42 bits per heavy atom. The third kappa shape index (κ3) is 2.91. The van der Waals surface area contributed by atoms with Gasteiger partial charge in [0.2, 0.25) is 0 Å². The van der Waals surface area contributed by atoms with Gasteiger partial charge < -0.3 is 4.42 Å². The Balaban J connectivity index is 1.68. The molecule has 1 saturated carbocycles. The molecule has 4 nitrogen and oxygen atoms in total. The highest BCUT2D eigenvalue weighted by Gasteiger charge is 2.51. The highest BCUT2D eigenvalue weighted by molar-refractivity contribution is 7.99. The van der Waals surface area contributed by atoms with Crippen LogP contribution in [0.1, 0.15) is 17.1 Å². The minimum Gasteiger partial charge on any atom is -0.410 e. The maximum atomic E-state index is 5.98. The molecule has 0 amide bonds. The van der Waals surface area contributed by atoms with Gasteiger partial charge in [-0.05, 0) is 20.3 Å². The first-order chi connectivity index (χ1) is 8.95. The summed E-state index contributed by atoms with van der Waals surface area (Å²) in [6, 6.07) is 0. The number of aryl methyl sites for hydroxylation is 2. The van der Waals surface area contributed by atoms with Gasteiger partial charge in [-0.15, -0.1) is 44.7 Å². The number of hydrogen-bond acceptors (Lipinski definition) is 6. The smallest absolute Gasteiger partial charge is 0.276 e. The van der Waals surface area contributed by atoms with E-state index in [1.807, 2.05) is 13.8 Å². The van der Waals surface area contributed by atoms with Gasteiger partial charge in [0.05, 0.1) is 10.7 Å². The van der Waals surface area contributed by atoms with Gasteiger partial charge in [-0.2, -0.15) is 0 Å². The molecule has 19 heavy (non-hydrogen) atoms. The first-order valence-corrected chi connectivity index (χ1v) is 8.30. The Labute approximate surface area is 128 Å². The maximum absolute atomic E-state index is 5.98. The van der Waals surface area contributed by atoms with Gasteiger partial charge in [-0.3, -0.25) is 0 Å². The van der Waals surface area contributed by atoms with Crippen molar-refractivity contribution in [2.75, 3.05) is 5.75 Å². The molecule has 0 saturated heterocycles. The molecular formula is C11H11Cl2N3OS2. The maximum Gasteiger partial charge on any atom is 0.276 e. The van der Waals surface area contributed by atoms with E-state index in [4.69, 9.17) is 27.6 Å². The zero-order chi connectivity index (χ0) is 13.6. The Bertz CT molecular complexity index is 611. The third-order valence-corrected chi connectivity index (χ3v) is 5.84. The SMILES string of the molecule is Cc1nc(C)c(-c2nnc(SC[C@H]3CC3(Cl)Cl)o2)s1. The number of halogens is 2. The van der Waals surface area contributed by atoms with E-state index in [-0.39, 0.29) is 0 Å². The number of thioether (sulfide) groups is 1. The summed E-state index contributed by atoms with van der Waals surface area (Å²) in [4.78, 5) is 5.29. The number of thiazole rings is 1. The third-order valence-electron chi connectivity index (χ3n) is 2.87. The van der Waals surface area contributed by atoms with Gasteiger partial charge in [0.25, 0.3) is 11.1 Å². The second kappa shape index (κ2) is 4.91. The van der Waals surface area contributed by atoms with Gasteiger partial charge in [0.1, 0.15) is 9.21 Å². The first-order valence-electron chi connectivity index (χ1n) is 5.74. The van der Waals surface area contributed by atoms with Crippen LogP contribution in [0.25, 0.3) is 10.8 Å². The van der Waals surface area contributed by atoms with Crippen LogP contribution in [0.2, 0.25) is 0 Å². The minimum atomic E-state index is -0.554. The first kappa shape index (κ1) is 13.7. The predicted octanol–water partition coefficient (Wildman–Crippen LogP) is 4.10. The molecule has 2 heterocycles. The molecule has 0 bridgehead atoms. The largest absolute Gasteiger partial charge is 0.410 e. The van der Waals surface area contributed by atoms with Crippen LogP contribution in [0.15, 0.2) is 9.64 Å². The van der Waals surface area contributed by atoms with Gasteiger partial charge >= 0.3 is 0 Å². The van der Waals surface area contributed by atoms with E-state index in [9.17, 15) is 0 Å². The van der Waals surface area contributed by atoms with Crippen molar-refractivity contribution in [3.8, 4) is 10.8 Å². The molecule has 8 heteroatoms. The van der Waals surface area contributed by atoms with Crippen molar-refractivity contribution in [2.45, 2.75) is 29.8 Å². The normalized spacial score (nSPS) is 20.7. The van der Waals surface area contributed by atoms with Crippen molar-refractivity contribution in [1.29, 1.82) is 0 Å². The number of aromatic nitrogens is 3. The van der Waals surface area contributed by atoms with Crippen LogP contribution in [0.4, 0.5) is 0 Å². The summed E-state index contributed by atoms with van der Waals surface area (Å²) < 4.78 is 5.08. The average molecular weight is 336 g/mol. The molecule has 0 aromatic carbocycles. The Morgan fingerprint density at radius 3 is 2.74 bits per heavy atom. The summed E-state index contributed by atoms with van der Waals surface area (Å²) in [5, 5.41) is 9.64. The molecule has 102 valence electrons. The van der Waals surface area contributed by atoms with Crippen LogP contribution in [-0.2, 0) is 0 Å². The summed E-state index contributed by atoms with van der Waals surface area (Å²) in [6.45, 7) is 3.90. The molecule has 0 unspecified atom stereocenters. The number of nitrogens with zero attached hydrogens (tertiary/aromatic N) is 3. The van der Waals surface area contributed by atoms with Crippen LogP contribution >= 0.6 is 46.3 Å². The van der Waals surface area contributed by atoms with Crippen molar-refractivity contribution in [2.24, 2.45) is 5.92 Å². The van der Waals surface area contributed by atoms with Crippen LogP contribution in [0.5, 0.6) is 0 Å². The van der Waals surface area contributed by atoms with Crippen molar-refractivity contribution in [1.82, 2.24) is 15.2 Å². The molecule has 2 aromatic heterocycles. The van der Waals surface area contributed by atoms with Crippen LogP contribution in [0.3, 0.4) is 0 Å². The van der Waals surface area contributed by atoms with Gasteiger partial charge in [0.15, 0.2) is 0 Å². The fraction of sp³-hybridized carbons (Fsp3) is 0.545. The number of alkyl halides is 2. The Morgan fingerprint density at radius 2 is 2.16 bits per heavy atom. The standard InChI is InChI=1S/C11H11Cl2N3OS2/c1-5-8(19-6(2)14-5)9-15-16-10(17-9)18-4-7-3-11(7,12)13/h7H,3-4H2,1-2H3/t7-/m1/s1. The van der Waals surface area contributed by atoms with E-state index in [0.29, 0.717) is 17.0 Å². The summed E-state index contributed by atoms with van der Waals surface area (Å²) >= 11 is 15.0. The molecule has 2 aromatic rings. The topological polar surface area (TPSA) is 51.8 Å². The second-order valence-electron chi connectivity index (χ2n) is 4.49. The summed E-state index contributed by atoms with van der Waals surface area (Å²) in [7, 11) is 0. The summed E-state index contributed by atoms with van der Waals surface area (Å²) in [6.07, 6.45) is 0.831. The zero-order valence-corrected chi connectivity index (χ0v) is 13.5. The molecule has 1 aliphatic rings.